The fourth-order valence-corrected chi connectivity index (χ4v) is 2.13. The first-order valence-corrected chi connectivity index (χ1v) is 7.29. The van der Waals surface area contributed by atoms with Crippen molar-refractivity contribution >= 4 is 17.5 Å². The largest absolute Gasteiger partial charge is 0.361 e. The van der Waals surface area contributed by atoms with E-state index in [0.717, 1.165) is 17.1 Å². The number of hydrogen-bond donors (Lipinski definition) is 2. The van der Waals surface area contributed by atoms with Crippen molar-refractivity contribution in [2.75, 3.05) is 24.3 Å². The third-order valence-electron chi connectivity index (χ3n) is 3.24. The topological polar surface area (TPSA) is 76.3 Å². The lowest BCUT2D eigenvalue weighted by Gasteiger charge is -2.18. The van der Waals surface area contributed by atoms with Crippen LogP contribution in [0.2, 0.25) is 0 Å². The van der Waals surface area contributed by atoms with Crippen molar-refractivity contribution in [2.45, 2.75) is 13.0 Å². The molecule has 0 aliphatic carbocycles. The van der Waals surface area contributed by atoms with Crippen LogP contribution in [0.3, 0.4) is 0 Å². The summed E-state index contributed by atoms with van der Waals surface area (Å²) in [4.78, 5) is 10.8. The maximum atomic E-state index is 8.97. The quantitative estimate of drug-likeness (QED) is 0.393. The summed E-state index contributed by atoms with van der Waals surface area (Å²) in [6.07, 6.45) is 3.64. The predicted octanol–water partition coefficient (Wildman–Crippen LogP) is 2.75. The van der Waals surface area contributed by atoms with E-state index in [-0.39, 0.29) is 6.04 Å². The predicted molar refractivity (Wildman–Crippen MR) is 93.2 cm³/mol. The number of aliphatic imine (C=N–C) groups is 1. The number of nitrogens with one attached hydrogen (secondary N) is 2. The summed E-state index contributed by atoms with van der Waals surface area (Å²) in [6.45, 7) is 1.98. The van der Waals surface area contributed by atoms with Gasteiger partial charge in [0.05, 0.1) is 11.7 Å². The number of benzene rings is 1. The average molecular weight is 308 g/mol. The van der Waals surface area contributed by atoms with Crippen LogP contribution in [0.4, 0.5) is 11.5 Å². The molecule has 2 aromatic rings. The normalized spacial score (nSPS) is 12.2. The molecule has 0 fully saturated rings. The molecule has 1 heterocycles. The van der Waals surface area contributed by atoms with Crippen LogP contribution in [0.15, 0.2) is 53.7 Å². The number of hydrogen-bond acceptors (Lipinski definition) is 4. The summed E-state index contributed by atoms with van der Waals surface area (Å²) in [5.41, 5.74) is 1.85. The van der Waals surface area contributed by atoms with Gasteiger partial charge in [0.15, 0.2) is 12.0 Å². The van der Waals surface area contributed by atoms with E-state index >= 15 is 0 Å². The molecular formula is C17H20N6. The molecule has 23 heavy (non-hydrogen) atoms. The van der Waals surface area contributed by atoms with Crippen LogP contribution in [0.1, 0.15) is 18.5 Å². The third-order valence-corrected chi connectivity index (χ3v) is 3.24. The van der Waals surface area contributed by atoms with Crippen LogP contribution in [-0.4, -0.2) is 25.0 Å². The highest BCUT2D eigenvalue weighted by Crippen LogP contribution is 2.21. The molecule has 6 nitrogen and oxygen atoms in total. The molecule has 0 saturated heterocycles. The van der Waals surface area contributed by atoms with E-state index in [2.05, 4.69) is 20.6 Å². The number of anilines is 2. The van der Waals surface area contributed by atoms with Gasteiger partial charge in [0, 0.05) is 20.3 Å². The zero-order valence-electron chi connectivity index (χ0n) is 13.5. The molecule has 6 heteroatoms. The van der Waals surface area contributed by atoms with Gasteiger partial charge in [-0.2, -0.15) is 5.26 Å². The van der Waals surface area contributed by atoms with Gasteiger partial charge in [-0.3, -0.25) is 5.32 Å². The number of rotatable bonds is 4. The number of aromatic nitrogens is 1. The Morgan fingerprint density at radius 2 is 1.96 bits per heavy atom. The molecule has 118 valence electrons. The third kappa shape index (κ3) is 4.45. The highest BCUT2D eigenvalue weighted by Gasteiger charge is 2.10. The fraction of sp³-hybridized carbons (Fsp3) is 0.235. The van der Waals surface area contributed by atoms with E-state index in [4.69, 9.17) is 5.26 Å². The first-order chi connectivity index (χ1) is 11.1. The molecule has 1 atom stereocenters. The molecular weight excluding hydrogens is 288 g/mol. The zero-order chi connectivity index (χ0) is 16.7. The molecule has 0 spiro atoms. The minimum absolute atomic E-state index is 0.0842. The second-order valence-electron chi connectivity index (χ2n) is 5.20. The minimum atomic E-state index is -0.0842. The number of guanidine groups is 1. The summed E-state index contributed by atoms with van der Waals surface area (Å²) < 4.78 is 0. The molecule has 0 amide bonds. The van der Waals surface area contributed by atoms with Crippen LogP contribution < -0.4 is 15.5 Å². The van der Waals surface area contributed by atoms with Crippen molar-refractivity contribution in [3.8, 4) is 6.19 Å². The Labute approximate surface area is 136 Å². The molecule has 1 aromatic carbocycles. The lowest BCUT2D eigenvalue weighted by Crippen LogP contribution is -2.28. The Kier molecular flexibility index (Phi) is 5.53. The van der Waals surface area contributed by atoms with Gasteiger partial charge >= 0.3 is 0 Å². The summed E-state index contributed by atoms with van der Waals surface area (Å²) in [5.74, 6) is 1.16. The molecule has 0 radical (unpaired) electrons. The van der Waals surface area contributed by atoms with Gasteiger partial charge in [-0.05, 0) is 24.6 Å². The smallest absolute Gasteiger partial charge is 0.209 e. The highest BCUT2D eigenvalue weighted by atomic mass is 15.2. The van der Waals surface area contributed by atoms with Gasteiger partial charge in [0.1, 0.15) is 0 Å². The van der Waals surface area contributed by atoms with Crippen molar-refractivity contribution in [3.63, 3.8) is 0 Å². The second kappa shape index (κ2) is 7.80. The molecule has 2 rings (SSSR count). The fourth-order valence-electron chi connectivity index (χ4n) is 2.13. The number of nitriles is 1. The zero-order valence-corrected chi connectivity index (χ0v) is 13.5. The second-order valence-corrected chi connectivity index (χ2v) is 5.20. The van der Waals surface area contributed by atoms with E-state index in [1.807, 2.05) is 74.6 Å². The molecule has 1 aromatic heterocycles. The summed E-state index contributed by atoms with van der Waals surface area (Å²) in [6, 6.07) is 13.6. The molecule has 0 aliphatic heterocycles. The van der Waals surface area contributed by atoms with E-state index in [0.29, 0.717) is 5.96 Å². The van der Waals surface area contributed by atoms with Crippen LogP contribution in [0.25, 0.3) is 0 Å². The number of nitrogens with zero attached hydrogens (tertiary/aromatic N) is 4. The van der Waals surface area contributed by atoms with Crippen LogP contribution in [0, 0.1) is 11.5 Å². The molecule has 2 N–H and O–H groups in total. The van der Waals surface area contributed by atoms with Crippen molar-refractivity contribution in [1.82, 2.24) is 10.3 Å². The van der Waals surface area contributed by atoms with Gasteiger partial charge in [0.2, 0.25) is 5.96 Å². The molecule has 0 aliphatic rings. The van der Waals surface area contributed by atoms with Crippen molar-refractivity contribution in [1.29, 1.82) is 5.26 Å². The van der Waals surface area contributed by atoms with E-state index < -0.39 is 0 Å². The van der Waals surface area contributed by atoms with Crippen LogP contribution in [0.5, 0.6) is 0 Å². The van der Waals surface area contributed by atoms with Crippen LogP contribution in [-0.2, 0) is 0 Å². The summed E-state index contributed by atoms with van der Waals surface area (Å²) in [7, 11) is 3.82. The highest BCUT2D eigenvalue weighted by molar-refractivity contribution is 5.97. The maximum Gasteiger partial charge on any atom is 0.209 e. The summed E-state index contributed by atoms with van der Waals surface area (Å²) >= 11 is 0. The first-order valence-electron chi connectivity index (χ1n) is 7.29. The van der Waals surface area contributed by atoms with Crippen molar-refractivity contribution in [2.24, 2.45) is 4.99 Å². The molecule has 1 unspecified atom stereocenters. The van der Waals surface area contributed by atoms with Crippen LogP contribution >= 0.6 is 0 Å². The molecule has 0 saturated carbocycles. The van der Waals surface area contributed by atoms with Gasteiger partial charge in [-0.1, -0.05) is 30.3 Å². The average Bonchev–Trinajstić information content (AvgIpc) is 2.56. The van der Waals surface area contributed by atoms with E-state index in [9.17, 15) is 0 Å². The maximum absolute atomic E-state index is 8.97. The van der Waals surface area contributed by atoms with E-state index in [1.54, 1.807) is 6.20 Å². The first kappa shape index (κ1) is 16.3. The molecule has 0 bridgehead atoms. The Hall–Kier alpha value is -3.07. The number of pyridine rings is 1. The van der Waals surface area contributed by atoms with E-state index in [1.165, 1.54) is 0 Å². The van der Waals surface area contributed by atoms with Gasteiger partial charge in [-0.15, -0.1) is 0 Å². The minimum Gasteiger partial charge on any atom is -0.361 e. The van der Waals surface area contributed by atoms with Gasteiger partial charge < -0.3 is 10.2 Å². The van der Waals surface area contributed by atoms with Gasteiger partial charge in [0.25, 0.3) is 0 Å². The Balaban J connectivity index is 2.26. The Bertz CT molecular complexity index is 703. The lowest BCUT2D eigenvalue weighted by molar-refractivity contribution is 0.813. The standard InChI is InChI=1S/C17H20N6/c1-13(14-8-5-4-6-9-14)21-17(20-12-18)22-15-10-7-11-19-16(15)23(2)3/h4-11,13H,1-3H3,(H2,20,21,22). The monoisotopic (exact) mass is 308 g/mol. The Morgan fingerprint density at radius 1 is 1.22 bits per heavy atom. The Morgan fingerprint density at radius 3 is 2.61 bits per heavy atom. The van der Waals surface area contributed by atoms with Gasteiger partial charge in [-0.25, -0.2) is 9.98 Å². The van der Waals surface area contributed by atoms with Crippen molar-refractivity contribution < 1.29 is 0 Å². The van der Waals surface area contributed by atoms with Crippen molar-refractivity contribution in [3.05, 3.63) is 54.2 Å². The SMILES string of the molecule is CC(N=C(NC#N)Nc1cccnc1N(C)C)c1ccccc1. The summed E-state index contributed by atoms with van der Waals surface area (Å²) in [5, 5.41) is 14.7. The lowest BCUT2D eigenvalue weighted by atomic mass is 10.1.